The van der Waals surface area contributed by atoms with Gasteiger partial charge in [-0.2, -0.15) is 0 Å². The number of carbonyl (C=O) groups excluding carboxylic acids is 1. The van der Waals surface area contributed by atoms with Gasteiger partial charge in [0, 0.05) is 10.9 Å². The summed E-state index contributed by atoms with van der Waals surface area (Å²) in [6.45, 7) is 0. The Morgan fingerprint density at radius 3 is 2.50 bits per heavy atom. The van der Waals surface area contributed by atoms with Crippen LogP contribution in [0, 0.1) is 0 Å². The topological polar surface area (TPSA) is 79.3 Å². The van der Waals surface area contributed by atoms with Crippen LogP contribution in [-0.4, -0.2) is 22.0 Å². The van der Waals surface area contributed by atoms with Crippen LogP contribution in [0.15, 0.2) is 60.0 Å². The van der Waals surface area contributed by atoms with E-state index in [1.165, 1.54) is 11.3 Å². The van der Waals surface area contributed by atoms with E-state index >= 15 is 0 Å². The molecule has 3 aromatic rings. The second-order valence-electron chi connectivity index (χ2n) is 5.55. The highest BCUT2D eigenvalue weighted by atomic mass is 35.5. The number of carboxylic acids is 1. The molecule has 3 rings (SSSR count). The minimum absolute atomic E-state index is 0.00241. The number of nitrogens with one attached hydrogen (secondary N) is 1. The molecule has 1 atom stereocenters. The number of hydrogen-bond acceptors (Lipinski definition) is 4. The molecule has 1 unspecified atom stereocenters. The van der Waals surface area contributed by atoms with E-state index in [1.807, 2.05) is 18.2 Å². The number of carbonyl (C=O) groups is 2. The number of aromatic nitrogens is 1. The summed E-state index contributed by atoms with van der Waals surface area (Å²) in [6.07, 6.45) is -0.00241. The zero-order valence-corrected chi connectivity index (χ0v) is 15.1. The molecule has 0 spiro atoms. The van der Waals surface area contributed by atoms with Gasteiger partial charge in [0.05, 0.1) is 17.1 Å². The summed E-state index contributed by atoms with van der Waals surface area (Å²) in [5.41, 5.74) is 1.89. The number of halogens is 1. The van der Waals surface area contributed by atoms with E-state index in [0.29, 0.717) is 16.3 Å². The summed E-state index contributed by atoms with van der Waals surface area (Å²) in [7, 11) is 0. The molecule has 0 aliphatic carbocycles. The molecule has 1 heterocycles. The zero-order valence-electron chi connectivity index (χ0n) is 13.6. The largest absolute Gasteiger partial charge is 0.479 e. The Hall–Kier alpha value is -2.70. The standard InChI is InChI=1S/C19H15ClN2O3S/c20-15-9-5-4-8-14(15)18-21-13(11-26-18)10-16(23)22-17(19(24)25)12-6-2-1-3-7-12/h1-9,11,17H,10H2,(H,22,23)(H,24,25). The molecule has 0 aliphatic rings. The molecule has 0 saturated carbocycles. The third-order valence-electron chi connectivity index (χ3n) is 3.68. The minimum Gasteiger partial charge on any atom is -0.479 e. The second kappa shape index (κ2) is 8.12. The van der Waals surface area contributed by atoms with E-state index in [9.17, 15) is 14.7 Å². The summed E-state index contributed by atoms with van der Waals surface area (Å²) < 4.78 is 0. The van der Waals surface area contributed by atoms with Crippen molar-refractivity contribution in [1.82, 2.24) is 10.3 Å². The van der Waals surface area contributed by atoms with Crippen molar-refractivity contribution in [2.75, 3.05) is 0 Å². The van der Waals surface area contributed by atoms with Gasteiger partial charge < -0.3 is 10.4 Å². The first-order valence-electron chi connectivity index (χ1n) is 7.81. The smallest absolute Gasteiger partial charge is 0.330 e. The summed E-state index contributed by atoms with van der Waals surface area (Å²) >= 11 is 7.56. The Kier molecular flexibility index (Phi) is 5.65. The van der Waals surface area contributed by atoms with Gasteiger partial charge in [-0.05, 0) is 11.6 Å². The second-order valence-corrected chi connectivity index (χ2v) is 6.82. The van der Waals surface area contributed by atoms with Crippen LogP contribution in [0.3, 0.4) is 0 Å². The van der Waals surface area contributed by atoms with Crippen molar-refractivity contribution in [3.63, 3.8) is 0 Å². The molecule has 26 heavy (non-hydrogen) atoms. The minimum atomic E-state index is -1.11. The first kappa shape index (κ1) is 18.1. The molecule has 2 N–H and O–H groups in total. The van der Waals surface area contributed by atoms with Crippen LogP contribution in [-0.2, 0) is 16.0 Å². The van der Waals surface area contributed by atoms with E-state index in [2.05, 4.69) is 10.3 Å². The van der Waals surface area contributed by atoms with Crippen molar-refractivity contribution in [3.8, 4) is 10.6 Å². The van der Waals surface area contributed by atoms with E-state index in [1.54, 1.807) is 41.8 Å². The maximum absolute atomic E-state index is 12.3. The third kappa shape index (κ3) is 4.28. The van der Waals surface area contributed by atoms with Crippen molar-refractivity contribution >= 4 is 34.8 Å². The van der Waals surface area contributed by atoms with Gasteiger partial charge >= 0.3 is 5.97 Å². The fourth-order valence-electron chi connectivity index (χ4n) is 2.46. The molecule has 0 radical (unpaired) electrons. The number of amides is 1. The maximum atomic E-state index is 12.3. The van der Waals surface area contributed by atoms with Gasteiger partial charge in [-0.15, -0.1) is 11.3 Å². The molecular weight excluding hydrogens is 372 g/mol. The third-order valence-corrected chi connectivity index (χ3v) is 4.94. The van der Waals surface area contributed by atoms with Crippen molar-refractivity contribution in [3.05, 3.63) is 76.3 Å². The Labute approximate surface area is 159 Å². The number of hydrogen-bond donors (Lipinski definition) is 2. The van der Waals surface area contributed by atoms with Crippen LogP contribution in [0.1, 0.15) is 17.3 Å². The predicted molar refractivity (Wildman–Crippen MR) is 101 cm³/mol. The zero-order chi connectivity index (χ0) is 18.5. The van der Waals surface area contributed by atoms with E-state index in [0.717, 1.165) is 10.6 Å². The summed E-state index contributed by atoms with van der Waals surface area (Å²) in [4.78, 5) is 28.2. The van der Waals surface area contributed by atoms with Crippen LogP contribution in [0.5, 0.6) is 0 Å². The number of carboxylic acid groups (broad SMARTS) is 1. The van der Waals surface area contributed by atoms with Crippen molar-refractivity contribution in [1.29, 1.82) is 0 Å². The molecule has 1 amide bonds. The van der Waals surface area contributed by atoms with Crippen LogP contribution in [0.25, 0.3) is 10.6 Å². The lowest BCUT2D eigenvalue weighted by Crippen LogP contribution is -2.34. The molecular formula is C19H15ClN2O3S. The van der Waals surface area contributed by atoms with E-state index in [-0.39, 0.29) is 6.42 Å². The van der Waals surface area contributed by atoms with Crippen LogP contribution < -0.4 is 5.32 Å². The Morgan fingerprint density at radius 1 is 1.12 bits per heavy atom. The highest BCUT2D eigenvalue weighted by Gasteiger charge is 2.22. The van der Waals surface area contributed by atoms with Gasteiger partial charge in [-0.25, -0.2) is 9.78 Å². The number of nitrogens with zero attached hydrogens (tertiary/aromatic N) is 1. The molecule has 7 heteroatoms. The molecule has 2 aromatic carbocycles. The molecule has 132 valence electrons. The first-order chi connectivity index (χ1) is 12.5. The molecule has 5 nitrogen and oxygen atoms in total. The lowest BCUT2D eigenvalue weighted by atomic mass is 10.1. The maximum Gasteiger partial charge on any atom is 0.330 e. The quantitative estimate of drug-likeness (QED) is 0.672. The SMILES string of the molecule is O=C(Cc1csc(-c2ccccc2Cl)n1)NC(C(=O)O)c1ccccc1. The van der Waals surface area contributed by atoms with Crippen LogP contribution in [0.2, 0.25) is 5.02 Å². The summed E-state index contributed by atoms with van der Waals surface area (Å²) in [6, 6.07) is 14.8. The van der Waals surface area contributed by atoms with Gasteiger partial charge in [0.2, 0.25) is 5.91 Å². The van der Waals surface area contributed by atoms with Gasteiger partial charge in [0.15, 0.2) is 6.04 Å². The fourth-order valence-corrected chi connectivity index (χ4v) is 3.60. The molecule has 0 saturated heterocycles. The normalized spacial score (nSPS) is 11.7. The highest BCUT2D eigenvalue weighted by Crippen LogP contribution is 2.30. The fraction of sp³-hybridized carbons (Fsp3) is 0.105. The Balaban J connectivity index is 1.70. The average Bonchev–Trinajstić information content (AvgIpc) is 3.08. The lowest BCUT2D eigenvalue weighted by Gasteiger charge is -2.14. The Morgan fingerprint density at radius 2 is 1.81 bits per heavy atom. The molecule has 1 aromatic heterocycles. The molecule has 0 fully saturated rings. The van der Waals surface area contributed by atoms with Crippen LogP contribution >= 0.6 is 22.9 Å². The highest BCUT2D eigenvalue weighted by molar-refractivity contribution is 7.13. The monoisotopic (exact) mass is 386 g/mol. The van der Waals surface area contributed by atoms with Gasteiger partial charge in [-0.3, -0.25) is 4.79 Å². The van der Waals surface area contributed by atoms with Crippen molar-refractivity contribution in [2.24, 2.45) is 0 Å². The van der Waals surface area contributed by atoms with Crippen molar-refractivity contribution in [2.45, 2.75) is 12.5 Å². The van der Waals surface area contributed by atoms with Gasteiger partial charge in [0.25, 0.3) is 0 Å². The van der Waals surface area contributed by atoms with Gasteiger partial charge in [0.1, 0.15) is 5.01 Å². The molecule has 0 bridgehead atoms. The summed E-state index contributed by atoms with van der Waals surface area (Å²) in [5, 5.41) is 15.0. The van der Waals surface area contributed by atoms with E-state index < -0.39 is 17.9 Å². The molecule has 0 aliphatic heterocycles. The summed E-state index contributed by atoms with van der Waals surface area (Å²) in [5.74, 6) is -1.52. The Bertz CT molecular complexity index is 927. The number of benzene rings is 2. The number of thiazole rings is 1. The van der Waals surface area contributed by atoms with E-state index in [4.69, 9.17) is 11.6 Å². The lowest BCUT2D eigenvalue weighted by molar-refractivity contribution is -0.142. The number of aliphatic carboxylic acids is 1. The predicted octanol–water partition coefficient (Wildman–Crippen LogP) is 3.95. The van der Waals surface area contributed by atoms with Crippen LogP contribution in [0.4, 0.5) is 0 Å². The van der Waals surface area contributed by atoms with Gasteiger partial charge in [-0.1, -0.05) is 60.1 Å². The average molecular weight is 387 g/mol. The van der Waals surface area contributed by atoms with Crippen molar-refractivity contribution < 1.29 is 14.7 Å². The first-order valence-corrected chi connectivity index (χ1v) is 9.07. The number of rotatable bonds is 6.